The number of aryl methyl sites for hydroxylation is 1. The number of aromatic nitrogens is 3. The van der Waals surface area contributed by atoms with Crippen molar-refractivity contribution in [3.05, 3.63) is 42.0 Å². The molecular formula is C16H18N4S. The zero-order valence-electron chi connectivity index (χ0n) is 12.0. The largest absolute Gasteiger partial charge is 0.348 e. The molecule has 0 atom stereocenters. The molecule has 0 amide bonds. The molecule has 1 aliphatic heterocycles. The molecule has 2 aromatic heterocycles. The van der Waals surface area contributed by atoms with Gasteiger partial charge in [0.2, 0.25) is 0 Å². The lowest BCUT2D eigenvalue weighted by atomic mass is 9.93. The van der Waals surface area contributed by atoms with Gasteiger partial charge < -0.3 is 9.88 Å². The summed E-state index contributed by atoms with van der Waals surface area (Å²) >= 11 is 1.80. The van der Waals surface area contributed by atoms with Crippen LogP contribution in [0.15, 0.2) is 30.6 Å². The topological polar surface area (TPSA) is 44.8 Å². The zero-order valence-corrected chi connectivity index (χ0v) is 12.9. The summed E-state index contributed by atoms with van der Waals surface area (Å²) in [5.41, 5.74) is 3.58. The van der Waals surface area contributed by atoms with Crippen LogP contribution in [0, 0.1) is 6.92 Å². The van der Waals surface area contributed by atoms with E-state index in [4.69, 9.17) is 4.98 Å². The lowest BCUT2D eigenvalue weighted by Crippen LogP contribution is -2.33. The number of fused-ring (bicyclic) bond motifs is 1. The molecule has 1 aliphatic rings. The molecule has 21 heavy (non-hydrogen) atoms. The van der Waals surface area contributed by atoms with E-state index in [1.54, 1.807) is 11.3 Å². The Bertz CT molecular complexity index is 719. The number of thiazole rings is 1. The van der Waals surface area contributed by atoms with Gasteiger partial charge in [-0.3, -0.25) is 0 Å². The first-order valence-electron chi connectivity index (χ1n) is 7.41. The van der Waals surface area contributed by atoms with Gasteiger partial charge in [0.25, 0.3) is 0 Å². The minimum atomic E-state index is 0.585. The number of H-pyrrole nitrogens is 1. The second-order valence-corrected chi connectivity index (χ2v) is 6.65. The average Bonchev–Trinajstić information content (AvgIpc) is 3.13. The van der Waals surface area contributed by atoms with Crippen molar-refractivity contribution in [2.45, 2.75) is 25.7 Å². The number of nitrogens with zero attached hydrogens (tertiary/aromatic N) is 3. The lowest BCUT2D eigenvalue weighted by molar-refractivity contribution is 0.495. The van der Waals surface area contributed by atoms with Gasteiger partial charge in [0, 0.05) is 24.7 Å². The van der Waals surface area contributed by atoms with Gasteiger partial charge in [-0.15, -0.1) is 0 Å². The molecule has 1 fully saturated rings. The van der Waals surface area contributed by atoms with Crippen LogP contribution in [0.3, 0.4) is 0 Å². The van der Waals surface area contributed by atoms with Gasteiger partial charge in [0.05, 0.1) is 22.2 Å². The summed E-state index contributed by atoms with van der Waals surface area (Å²) in [6, 6.07) is 8.38. The highest BCUT2D eigenvalue weighted by molar-refractivity contribution is 7.22. The van der Waals surface area contributed by atoms with Crippen LogP contribution >= 0.6 is 11.3 Å². The molecule has 1 aromatic carbocycles. The van der Waals surface area contributed by atoms with Crippen molar-refractivity contribution in [2.24, 2.45) is 0 Å². The molecule has 5 heteroatoms. The Labute approximate surface area is 127 Å². The third kappa shape index (κ3) is 2.31. The third-order valence-electron chi connectivity index (χ3n) is 4.30. The van der Waals surface area contributed by atoms with E-state index in [0.717, 1.165) is 36.6 Å². The van der Waals surface area contributed by atoms with Crippen molar-refractivity contribution in [3.8, 4) is 0 Å². The molecule has 0 bridgehead atoms. The van der Waals surface area contributed by atoms with Gasteiger partial charge >= 0.3 is 0 Å². The van der Waals surface area contributed by atoms with E-state index in [0.29, 0.717) is 5.92 Å². The number of benzene rings is 1. The first-order chi connectivity index (χ1) is 10.3. The molecule has 108 valence electrons. The number of rotatable bonds is 2. The second kappa shape index (κ2) is 5.15. The number of nitrogens with one attached hydrogen (secondary N) is 1. The number of para-hydroxylation sites is 1. The van der Waals surface area contributed by atoms with E-state index in [1.807, 2.05) is 6.33 Å². The molecule has 0 unspecified atom stereocenters. The molecule has 0 aliphatic carbocycles. The molecular weight excluding hydrogens is 280 g/mol. The minimum Gasteiger partial charge on any atom is -0.348 e. The maximum atomic E-state index is 4.76. The van der Waals surface area contributed by atoms with Crippen LogP contribution in [0.4, 0.5) is 5.13 Å². The van der Waals surface area contributed by atoms with Crippen molar-refractivity contribution >= 4 is 26.7 Å². The number of anilines is 1. The first kappa shape index (κ1) is 12.8. The van der Waals surface area contributed by atoms with E-state index in [2.05, 4.69) is 46.1 Å². The van der Waals surface area contributed by atoms with E-state index >= 15 is 0 Å². The highest BCUT2D eigenvalue weighted by Gasteiger charge is 2.24. The zero-order chi connectivity index (χ0) is 14.2. The molecule has 3 heterocycles. The van der Waals surface area contributed by atoms with Crippen molar-refractivity contribution in [1.29, 1.82) is 0 Å². The normalized spacial score (nSPS) is 16.7. The number of aromatic amines is 1. The molecule has 0 spiro atoms. The average molecular weight is 298 g/mol. The summed E-state index contributed by atoms with van der Waals surface area (Å²) in [6.45, 7) is 4.25. The quantitative estimate of drug-likeness (QED) is 0.784. The predicted octanol–water partition coefficient (Wildman–Crippen LogP) is 3.71. The van der Waals surface area contributed by atoms with Crippen LogP contribution in [-0.2, 0) is 0 Å². The molecule has 0 radical (unpaired) electrons. The standard InChI is InChI=1S/C16H18N4S/c1-11-15(18-10-17-11)12-6-8-20(9-7-12)16-19-13-4-2-3-5-14(13)21-16/h2-5,10,12H,6-9H2,1H3,(H,17,18). The Kier molecular flexibility index (Phi) is 3.15. The van der Waals surface area contributed by atoms with E-state index in [1.165, 1.54) is 16.1 Å². The Morgan fingerprint density at radius 2 is 2.05 bits per heavy atom. The lowest BCUT2D eigenvalue weighted by Gasteiger charge is -2.31. The van der Waals surface area contributed by atoms with Gasteiger partial charge in [0.1, 0.15) is 0 Å². The van der Waals surface area contributed by atoms with E-state index < -0.39 is 0 Å². The number of piperidine rings is 1. The Balaban J connectivity index is 1.51. The van der Waals surface area contributed by atoms with Crippen molar-refractivity contribution in [2.75, 3.05) is 18.0 Å². The fourth-order valence-electron chi connectivity index (χ4n) is 3.12. The SMILES string of the molecule is Cc1[nH]cnc1C1CCN(c2nc3ccccc3s2)CC1. The van der Waals surface area contributed by atoms with Gasteiger partial charge in [0.15, 0.2) is 5.13 Å². The molecule has 4 rings (SSSR count). The summed E-state index contributed by atoms with van der Waals surface area (Å²) in [4.78, 5) is 14.9. The molecule has 0 saturated carbocycles. The van der Waals surface area contributed by atoms with Gasteiger partial charge in [-0.05, 0) is 31.9 Å². The fourth-order valence-corrected chi connectivity index (χ4v) is 4.14. The summed E-state index contributed by atoms with van der Waals surface area (Å²) in [5, 5.41) is 1.16. The fraction of sp³-hybridized carbons (Fsp3) is 0.375. The molecule has 1 N–H and O–H groups in total. The summed E-state index contributed by atoms with van der Waals surface area (Å²) in [6.07, 6.45) is 4.12. The maximum absolute atomic E-state index is 4.76. The van der Waals surface area contributed by atoms with Crippen LogP contribution in [0.25, 0.3) is 10.2 Å². The summed E-state index contributed by atoms with van der Waals surface area (Å²) in [7, 11) is 0. The van der Waals surface area contributed by atoms with Crippen molar-refractivity contribution < 1.29 is 0 Å². The molecule has 1 saturated heterocycles. The van der Waals surface area contributed by atoms with Crippen molar-refractivity contribution in [3.63, 3.8) is 0 Å². The van der Waals surface area contributed by atoms with Crippen LogP contribution in [0.1, 0.15) is 30.1 Å². The maximum Gasteiger partial charge on any atom is 0.186 e. The van der Waals surface area contributed by atoms with Gasteiger partial charge in [-0.25, -0.2) is 9.97 Å². The number of hydrogen-bond donors (Lipinski definition) is 1. The van der Waals surface area contributed by atoms with Gasteiger partial charge in [-0.2, -0.15) is 0 Å². The van der Waals surface area contributed by atoms with E-state index in [-0.39, 0.29) is 0 Å². The Morgan fingerprint density at radius 3 is 2.76 bits per heavy atom. The number of imidazole rings is 1. The molecule has 4 nitrogen and oxygen atoms in total. The predicted molar refractivity (Wildman–Crippen MR) is 87.1 cm³/mol. The van der Waals surface area contributed by atoms with Crippen LogP contribution in [0.2, 0.25) is 0 Å². The molecule has 3 aromatic rings. The minimum absolute atomic E-state index is 0.585. The third-order valence-corrected chi connectivity index (χ3v) is 5.40. The second-order valence-electron chi connectivity index (χ2n) is 5.64. The smallest absolute Gasteiger partial charge is 0.186 e. The van der Waals surface area contributed by atoms with Crippen LogP contribution in [-0.4, -0.2) is 28.0 Å². The number of hydrogen-bond acceptors (Lipinski definition) is 4. The Hall–Kier alpha value is -1.88. The van der Waals surface area contributed by atoms with E-state index in [9.17, 15) is 0 Å². The summed E-state index contributed by atoms with van der Waals surface area (Å²) < 4.78 is 1.28. The monoisotopic (exact) mass is 298 g/mol. The Morgan fingerprint density at radius 1 is 1.24 bits per heavy atom. The van der Waals surface area contributed by atoms with Crippen LogP contribution in [0.5, 0.6) is 0 Å². The van der Waals surface area contributed by atoms with Gasteiger partial charge in [-0.1, -0.05) is 23.5 Å². The van der Waals surface area contributed by atoms with Crippen molar-refractivity contribution in [1.82, 2.24) is 15.0 Å². The first-order valence-corrected chi connectivity index (χ1v) is 8.23. The van der Waals surface area contributed by atoms with Crippen LogP contribution < -0.4 is 4.90 Å². The summed E-state index contributed by atoms with van der Waals surface area (Å²) in [5.74, 6) is 0.585. The highest BCUT2D eigenvalue weighted by Crippen LogP contribution is 2.34. The highest BCUT2D eigenvalue weighted by atomic mass is 32.1.